The van der Waals surface area contributed by atoms with Crippen molar-refractivity contribution in [2.24, 2.45) is 0 Å². The van der Waals surface area contributed by atoms with Crippen LogP contribution in [0, 0.1) is 6.92 Å². The van der Waals surface area contributed by atoms with Crippen LogP contribution < -0.4 is 5.43 Å². The number of fused-ring (bicyclic) bond motifs is 1. The Hall–Kier alpha value is -2.29. The highest BCUT2D eigenvalue weighted by molar-refractivity contribution is 5.62. The van der Waals surface area contributed by atoms with Crippen molar-refractivity contribution in [3.8, 4) is 11.3 Å². The number of imidazole rings is 1. The largest absolute Gasteiger partial charge is 0.340 e. The molecule has 0 unspecified atom stereocenters. The number of nitrogens with zero attached hydrogens (tertiary/aromatic N) is 1. The fraction of sp³-hybridized carbons (Fsp3) is 0.0714. The van der Waals surface area contributed by atoms with E-state index in [4.69, 9.17) is 0 Å². The summed E-state index contributed by atoms with van der Waals surface area (Å²) in [5.74, 6) is 0. The first-order chi connectivity index (χ1) is 8.22. The highest BCUT2D eigenvalue weighted by Gasteiger charge is 2.02. The Morgan fingerprint density at radius 1 is 1.12 bits per heavy atom. The smallest absolute Gasteiger partial charge is 0.183 e. The standard InChI is InChI=1S/C14H12N2O/c1-10-2-4-11(5-3-10)13-9-16-7-6-12(17)8-14(16)15-13/h2-9,15H,1H3. The van der Waals surface area contributed by atoms with Gasteiger partial charge in [-0.25, -0.2) is 0 Å². The zero-order chi connectivity index (χ0) is 11.8. The molecule has 2 heterocycles. The first-order valence-corrected chi connectivity index (χ1v) is 5.50. The van der Waals surface area contributed by atoms with E-state index in [1.165, 1.54) is 5.56 Å². The summed E-state index contributed by atoms with van der Waals surface area (Å²) in [5.41, 5.74) is 4.19. The third-order valence-electron chi connectivity index (χ3n) is 2.85. The van der Waals surface area contributed by atoms with E-state index in [1.54, 1.807) is 18.3 Å². The van der Waals surface area contributed by atoms with Crippen LogP contribution in [0.5, 0.6) is 0 Å². The lowest BCUT2D eigenvalue weighted by molar-refractivity contribution is 1.18. The maximum absolute atomic E-state index is 11.2. The fourth-order valence-corrected chi connectivity index (χ4v) is 1.89. The summed E-state index contributed by atoms with van der Waals surface area (Å²) in [6.07, 6.45) is 3.76. The zero-order valence-electron chi connectivity index (χ0n) is 9.47. The Kier molecular flexibility index (Phi) is 2.11. The second-order valence-corrected chi connectivity index (χ2v) is 4.19. The topological polar surface area (TPSA) is 37.3 Å². The molecule has 0 amide bonds. The molecule has 3 heteroatoms. The Bertz CT molecular complexity index is 720. The van der Waals surface area contributed by atoms with Gasteiger partial charge >= 0.3 is 0 Å². The van der Waals surface area contributed by atoms with Crippen LogP contribution in [-0.2, 0) is 0 Å². The predicted molar refractivity (Wildman–Crippen MR) is 68.2 cm³/mol. The van der Waals surface area contributed by atoms with Gasteiger partial charge < -0.3 is 9.38 Å². The van der Waals surface area contributed by atoms with E-state index < -0.39 is 0 Å². The van der Waals surface area contributed by atoms with Crippen molar-refractivity contribution in [2.45, 2.75) is 6.92 Å². The molecule has 3 nitrogen and oxygen atoms in total. The summed E-state index contributed by atoms with van der Waals surface area (Å²) in [7, 11) is 0. The second kappa shape index (κ2) is 3.63. The number of aryl methyl sites for hydroxylation is 1. The molecule has 2 aromatic heterocycles. The maximum Gasteiger partial charge on any atom is 0.183 e. The van der Waals surface area contributed by atoms with E-state index in [2.05, 4.69) is 36.2 Å². The maximum atomic E-state index is 11.2. The molecule has 84 valence electrons. The fourth-order valence-electron chi connectivity index (χ4n) is 1.89. The number of pyridine rings is 1. The molecule has 0 aliphatic rings. The molecule has 0 saturated carbocycles. The average Bonchev–Trinajstić information content (AvgIpc) is 2.72. The number of rotatable bonds is 1. The quantitative estimate of drug-likeness (QED) is 0.677. The minimum absolute atomic E-state index is 0.0160. The lowest BCUT2D eigenvalue weighted by atomic mass is 10.1. The van der Waals surface area contributed by atoms with E-state index >= 15 is 0 Å². The molecule has 1 N–H and O–H groups in total. The molecule has 0 atom stereocenters. The number of hydrogen-bond donors (Lipinski definition) is 1. The van der Waals surface area contributed by atoms with Crippen LogP contribution in [0.1, 0.15) is 5.56 Å². The van der Waals surface area contributed by atoms with Crippen molar-refractivity contribution < 1.29 is 0 Å². The van der Waals surface area contributed by atoms with Crippen LogP contribution in [0.3, 0.4) is 0 Å². The van der Waals surface area contributed by atoms with Crippen molar-refractivity contribution in [2.75, 3.05) is 0 Å². The van der Waals surface area contributed by atoms with Crippen LogP contribution in [-0.4, -0.2) is 9.38 Å². The first kappa shape index (κ1) is 9.90. The first-order valence-electron chi connectivity index (χ1n) is 5.50. The van der Waals surface area contributed by atoms with Crippen molar-refractivity contribution in [1.82, 2.24) is 9.38 Å². The van der Waals surface area contributed by atoms with Crippen molar-refractivity contribution in [3.63, 3.8) is 0 Å². The van der Waals surface area contributed by atoms with Crippen LogP contribution in [0.15, 0.2) is 53.6 Å². The van der Waals surface area contributed by atoms with Gasteiger partial charge in [0.1, 0.15) is 5.65 Å². The Labute approximate surface area is 98.4 Å². The SMILES string of the molecule is Cc1ccc(-c2cn3ccc(=O)cc3[nH]2)cc1. The number of hydrogen-bond acceptors (Lipinski definition) is 1. The summed E-state index contributed by atoms with van der Waals surface area (Å²) in [5, 5.41) is 0. The molecule has 0 radical (unpaired) electrons. The van der Waals surface area contributed by atoms with Crippen molar-refractivity contribution in [3.05, 3.63) is 64.6 Å². The second-order valence-electron chi connectivity index (χ2n) is 4.19. The number of nitrogens with one attached hydrogen (secondary N) is 1. The minimum atomic E-state index is 0.0160. The lowest BCUT2D eigenvalue weighted by Crippen LogP contribution is -1.97. The number of benzene rings is 1. The normalized spacial score (nSPS) is 10.9. The van der Waals surface area contributed by atoms with Gasteiger partial charge in [0, 0.05) is 24.5 Å². The van der Waals surface area contributed by atoms with Gasteiger partial charge in [0.2, 0.25) is 0 Å². The molecule has 0 spiro atoms. The van der Waals surface area contributed by atoms with Crippen LogP contribution >= 0.6 is 0 Å². The van der Waals surface area contributed by atoms with Gasteiger partial charge in [-0.2, -0.15) is 0 Å². The van der Waals surface area contributed by atoms with E-state index in [-0.39, 0.29) is 5.43 Å². The number of aromatic nitrogens is 2. The summed E-state index contributed by atoms with van der Waals surface area (Å²) < 4.78 is 1.91. The number of H-pyrrole nitrogens is 1. The molecule has 17 heavy (non-hydrogen) atoms. The Balaban J connectivity index is 2.17. The minimum Gasteiger partial charge on any atom is -0.340 e. The lowest BCUT2D eigenvalue weighted by Gasteiger charge is -1.97. The molecule has 0 aliphatic heterocycles. The van der Waals surface area contributed by atoms with E-state index in [0.717, 1.165) is 16.9 Å². The molecular formula is C14H12N2O. The van der Waals surface area contributed by atoms with Gasteiger partial charge in [0.05, 0.1) is 5.69 Å². The van der Waals surface area contributed by atoms with E-state index in [1.807, 2.05) is 10.6 Å². The van der Waals surface area contributed by atoms with Gasteiger partial charge in [0.15, 0.2) is 5.43 Å². The average molecular weight is 224 g/mol. The van der Waals surface area contributed by atoms with Crippen LogP contribution in [0.25, 0.3) is 16.9 Å². The summed E-state index contributed by atoms with van der Waals surface area (Å²) >= 11 is 0. The Morgan fingerprint density at radius 2 is 1.88 bits per heavy atom. The van der Waals surface area contributed by atoms with Gasteiger partial charge in [-0.1, -0.05) is 29.8 Å². The zero-order valence-corrected chi connectivity index (χ0v) is 9.47. The highest BCUT2D eigenvalue weighted by Crippen LogP contribution is 2.18. The van der Waals surface area contributed by atoms with E-state index in [9.17, 15) is 4.79 Å². The van der Waals surface area contributed by atoms with Crippen LogP contribution in [0.4, 0.5) is 0 Å². The summed E-state index contributed by atoms with van der Waals surface area (Å²) in [4.78, 5) is 14.5. The van der Waals surface area contributed by atoms with Crippen molar-refractivity contribution in [1.29, 1.82) is 0 Å². The van der Waals surface area contributed by atoms with Gasteiger partial charge in [-0.15, -0.1) is 0 Å². The van der Waals surface area contributed by atoms with Crippen LogP contribution in [0.2, 0.25) is 0 Å². The predicted octanol–water partition coefficient (Wildman–Crippen LogP) is 2.60. The molecule has 1 aromatic carbocycles. The Morgan fingerprint density at radius 3 is 2.65 bits per heavy atom. The van der Waals surface area contributed by atoms with Gasteiger partial charge in [-0.05, 0) is 12.5 Å². The molecule has 0 saturated heterocycles. The van der Waals surface area contributed by atoms with Gasteiger partial charge in [0.25, 0.3) is 0 Å². The third kappa shape index (κ3) is 1.76. The monoisotopic (exact) mass is 224 g/mol. The molecule has 3 rings (SSSR count). The highest BCUT2D eigenvalue weighted by atomic mass is 16.1. The molecule has 3 aromatic rings. The van der Waals surface area contributed by atoms with Crippen molar-refractivity contribution >= 4 is 5.65 Å². The summed E-state index contributed by atoms with van der Waals surface area (Å²) in [6, 6.07) is 11.4. The molecular weight excluding hydrogens is 212 g/mol. The van der Waals surface area contributed by atoms with Gasteiger partial charge in [-0.3, -0.25) is 4.79 Å². The van der Waals surface area contributed by atoms with E-state index in [0.29, 0.717) is 0 Å². The third-order valence-corrected chi connectivity index (χ3v) is 2.85. The molecule has 0 fully saturated rings. The number of aromatic amines is 1. The molecule has 0 aliphatic carbocycles. The summed E-state index contributed by atoms with van der Waals surface area (Å²) in [6.45, 7) is 2.06. The molecule has 0 bridgehead atoms.